The van der Waals surface area contributed by atoms with Gasteiger partial charge in [0, 0.05) is 5.56 Å². The van der Waals surface area contributed by atoms with Crippen LogP contribution in [0.3, 0.4) is 0 Å². The van der Waals surface area contributed by atoms with Crippen LogP contribution in [0.5, 0.6) is 5.75 Å². The summed E-state index contributed by atoms with van der Waals surface area (Å²) in [6, 6.07) is 4.10. The van der Waals surface area contributed by atoms with Gasteiger partial charge in [0.2, 0.25) is 0 Å². The quantitative estimate of drug-likeness (QED) is 0.702. The first kappa shape index (κ1) is 19.8. The van der Waals surface area contributed by atoms with E-state index in [1.165, 1.54) is 5.56 Å². The van der Waals surface area contributed by atoms with Crippen molar-refractivity contribution in [3.8, 4) is 5.75 Å². The van der Waals surface area contributed by atoms with Crippen molar-refractivity contribution in [2.24, 2.45) is 0 Å². The third kappa shape index (κ3) is 5.42. The molecule has 0 aromatic heterocycles. The minimum atomic E-state index is -2.65. The molecule has 1 unspecified atom stereocenters. The third-order valence-corrected chi connectivity index (χ3v) is 4.74. The lowest BCUT2D eigenvalue weighted by atomic mass is 9.79. The molecule has 0 radical (unpaired) electrons. The average Bonchev–Trinajstić information content (AvgIpc) is 2.27. The van der Waals surface area contributed by atoms with Gasteiger partial charge < -0.3 is 19.2 Å². The van der Waals surface area contributed by atoms with Crippen LogP contribution in [0, 0.1) is 6.92 Å². The van der Waals surface area contributed by atoms with Gasteiger partial charge in [-0.2, -0.15) is 0 Å². The van der Waals surface area contributed by atoms with Gasteiger partial charge in [0.05, 0.1) is 0 Å². The summed E-state index contributed by atoms with van der Waals surface area (Å²) >= 11 is 0. The van der Waals surface area contributed by atoms with E-state index >= 15 is 0 Å². The van der Waals surface area contributed by atoms with E-state index in [-0.39, 0.29) is 10.8 Å². The van der Waals surface area contributed by atoms with Crippen molar-refractivity contribution in [3.63, 3.8) is 0 Å². The maximum Gasteiger partial charge on any atom is 0.401 e. The summed E-state index contributed by atoms with van der Waals surface area (Å²) in [6.07, 6.45) is 0. The Kier molecular flexibility index (Phi) is 6.37. The standard InChI is InChI=1S/C15H26O5P2/c1-10-8-11(14(2,3)4)9-12(15(5,6)7)13(10)19-22(18)20-21(16)17/h8-9,16-18H,1-7H3. The van der Waals surface area contributed by atoms with Crippen molar-refractivity contribution in [2.75, 3.05) is 0 Å². The van der Waals surface area contributed by atoms with Gasteiger partial charge in [0.1, 0.15) is 5.75 Å². The van der Waals surface area contributed by atoms with Crippen LogP contribution in [-0.4, -0.2) is 14.7 Å². The zero-order valence-electron chi connectivity index (χ0n) is 14.2. The van der Waals surface area contributed by atoms with Crippen LogP contribution in [-0.2, 0) is 15.1 Å². The van der Waals surface area contributed by atoms with Gasteiger partial charge in [-0.15, -0.1) is 0 Å². The molecule has 0 heterocycles. The van der Waals surface area contributed by atoms with Gasteiger partial charge in [0.15, 0.2) is 0 Å². The molecule has 1 aromatic rings. The molecule has 0 aliphatic heterocycles. The molecule has 0 spiro atoms. The van der Waals surface area contributed by atoms with E-state index < -0.39 is 17.2 Å². The molecule has 5 nitrogen and oxygen atoms in total. The summed E-state index contributed by atoms with van der Waals surface area (Å²) in [5.41, 5.74) is 2.80. The van der Waals surface area contributed by atoms with Crippen molar-refractivity contribution in [1.82, 2.24) is 0 Å². The first-order valence-electron chi connectivity index (χ1n) is 7.01. The lowest BCUT2D eigenvalue weighted by Crippen LogP contribution is -2.18. The summed E-state index contributed by atoms with van der Waals surface area (Å²) in [5.74, 6) is 0.533. The van der Waals surface area contributed by atoms with Crippen LogP contribution in [0.15, 0.2) is 12.1 Å². The van der Waals surface area contributed by atoms with Crippen molar-refractivity contribution in [2.45, 2.75) is 59.3 Å². The topological polar surface area (TPSA) is 79.2 Å². The fourth-order valence-corrected chi connectivity index (χ4v) is 3.07. The second kappa shape index (κ2) is 7.09. The van der Waals surface area contributed by atoms with Crippen LogP contribution in [0.25, 0.3) is 0 Å². The Morgan fingerprint density at radius 2 is 1.45 bits per heavy atom. The Balaban J connectivity index is 3.32. The minimum Gasteiger partial charge on any atom is -0.426 e. The predicted octanol–water partition coefficient (Wildman–Crippen LogP) is 4.42. The smallest absolute Gasteiger partial charge is 0.401 e. The van der Waals surface area contributed by atoms with Crippen molar-refractivity contribution < 1.29 is 23.5 Å². The normalized spacial score (nSPS) is 14.3. The second-order valence-electron chi connectivity index (χ2n) is 7.33. The lowest BCUT2D eigenvalue weighted by molar-refractivity contribution is 0.326. The largest absolute Gasteiger partial charge is 0.426 e. The van der Waals surface area contributed by atoms with Crippen LogP contribution in [0.4, 0.5) is 0 Å². The number of hydrogen-bond donors (Lipinski definition) is 3. The molecule has 126 valence electrons. The summed E-state index contributed by atoms with van der Waals surface area (Å²) in [4.78, 5) is 27.4. The molecule has 7 heteroatoms. The highest BCUT2D eigenvalue weighted by Crippen LogP contribution is 2.49. The van der Waals surface area contributed by atoms with Crippen LogP contribution >= 0.6 is 17.2 Å². The van der Waals surface area contributed by atoms with E-state index in [0.717, 1.165) is 11.1 Å². The fourth-order valence-electron chi connectivity index (χ4n) is 2.04. The molecule has 0 amide bonds. The summed E-state index contributed by atoms with van der Waals surface area (Å²) < 4.78 is 10.0. The Hall–Kier alpha value is -0.280. The Labute approximate surface area is 135 Å². The van der Waals surface area contributed by atoms with Gasteiger partial charge in [-0.3, -0.25) is 0 Å². The van der Waals surface area contributed by atoms with E-state index in [1.807, 2.05) is 13.0 Å². The number of aryl methyl sites for hydroxylation is 1. The molecule has 0 bridgehead atoms. The third-order valence-electron chi connectivity index (χ3n) is 3.26. The molecule has 1 atom stereocenters. The molecule has 1 rings (SSSR count). The molecule has 0 fully saturated rings. The zero-order chi connectivity index (χ0) is 17.3. The monoisotopic (exact) mass is 348 g/mol. The van der Waals surface area contributed by atoms with Crippen molar-refractivity contribution >= 4 is 17.2 Å². The van der Waals surface area contributed by atoms with E-state index in [2.05, 4.69) is 51.9 Å². The molecule has 3 N–H and O–H groups in total. The van der Waals surface area contributed by atoms with Gasteiger partial charge >= 0.3 is 17.2 Å². The molecule has 1 aromatic carbocycles. The summed E-state index contributed by atoms with van der Waals surface area (Å²) in [5, 5.41) is 0. The van der Waals surface area contributed by atoms with Gasteiger partial charge in [-0.1, -0.05) is 53.7 Å². The number of rotatable bonds is 4. The second-order valence-corrected chi connectivity index (χ2v) is 9.15. The lowest BCUT2D eigenvalue weighted by Gasteiger charge is -2.29. The van der Waals surface area contributed by atoms with Gasteiger partial charge in [-0.25, -0.2) is 4.31 Å². The van der Waals surface area contributed by atoms with Gasteiger partial charge in [0.25, 0.3) is 0 Å². The SMILES string of the molecule is Cc1cc(C(C)(C)C)cc(C(C)(C)C)c1OP(O)OP(O)O. The maximum atomic E-state index is 9.73. The van der Waals surface area contributed by atoms with E-state index in [4.69, 9.17) is 14.3 Å². The van der Waals surface area contributed by atoms with Gasteiger partial charge in [-0.05, 0) is 28.9 Å². The molecule has 0 saturated heterocycles. The molecule has 0 saturated carbocycles. The molecule has 0 aliphatic rings. The highest BCUT2D eigenvalue weighted by atomic mass is 31.2. The van der Waals surface area contributed by atoms with Crippen LogP contribution in [0.2, 0.25) is 0 Å². The van der Waals surface area contributed by atoms with Crippen LogP contribution in [0.1, 0.15) is 58.2 Å². The Morgan fingerprint density at radius 1 is 0.909 bits per heavy atom. The first-order chi connectivity index (χ1) is 9.82. The average molecular weight is 348 g/mol. The fraction of sp³-hybridized carbons (Fsp3) is 0.600. The maximum absolute atomic E-state index is 9.73. The Bertz CT molecular complexity index is 518. The van der Waals surface area contributed by atoms with E-state index in [1.54, 1.807) is 0 Å². The zero-order valence-corrected chi connectivity index (χ0v) is 16.0. The first-order valence-corrected chi connectivity index (χ1v) is 9.30. The van der Waals surface area contributed by atoms with E-state index in [0.29, 0.717) is 5.75 Å². The van der Waals surface area contributed by atoms with Crippen LogP contribution < -0.4 is 4.52 Å². The minimum absolute atomic E-state index is 0.00570. The van der Waals surface area contributed by atoms with E-state index in [9.17, 15) is 4.89 Å². The number of benzene rings is 1. The van der Waals surface area contributed by atoms with Crippen molar-refractivity contribution in [3.05, 3.63) is 28.8 Å². The summed E-state index contributed by atoms with van der Waals surface area (Å²) in [6.45, 7) is 14.5. The van der Waals surface area contributed by atoms with Crippen molar-refractivity contribution in [1.29, 1.82) is 0 Å². The Morgan fingerprint density at radius 3 is 1.86 bits per heavy atom. The predicted molar refractivity (Wildman–Crippen MR) is 90.8 cm³/mol. The molecule has 22 heavy (non-hydrogen) atoms. The molecule has 0 aliphatic carbocycles. The summed E-state index contributed by atoms with van der Waals surface area (Å²) in [7, 11) is -5.04. The number of hydrogen-bond acceptors (Lipinski definition) is 5. The highest BCUT2D eigenvalue weighted by molar-refractivity contribution is 7.54. The highest BCUT2D eigenvalue weighted by Gasteiger charge is 2.27. The molecular formula is C15H26O5P2. The molecular weight excluding hydrogens is 322 g/mol.